The molecule has 0 fully saturated rings. The second-order valence-electron chi connectivity index (χ2n) is 3.82. The summed E-state index contributed by atoms with van der Waals surface area (Å²) in [5.41, 5.74) is 6.94. The third-order valence-electron chi connectivity index (χ3n) is 2.73. The topological polar surface area (TPSA) is 80.0 Å². The van der Waals surface area contributed by atoms with Crippen LogP contribution in [0, 0.1) is 0 Å². The molecule has 0 bridgehead atoms. The molecule has 0 aromatic heterocycles. The van der Waals surface area contributed by atoms with E-state index >= 15 is 0 Å². The number of methoxy groups -OCH3 is 4. The van der Waals surface area contributed by atoms with E-state index in [0.29, 0.717) is 16.7 Å². The third-order valence-corrected chi connectivity index (χ3v) is 2.73. The summed E-state index contributed by atoms with van der Waals surface area (Å²) in [7, 11) is 6.00. The molecule has 1 rings (SSSR count). The van der Waals surface area contributed by atoms with Crippen molar-refractivity contribution in [2.75, 3.05) is 28.4 Å². The minimum Gasteiger partial charge on any atom is -0.366 e. The SMILES string of the molecule is COC(OC)c1ccc(C(OC)OC)c(C(N)=O)c1. The molecule has 1 aromatic rings. The van der Waals surface area contributed by atoms with Crippen LogP contribution in [-0.2, 0) is 18.9 Å². The molecular formula is C13H19NO5. The number of hydrogen-bond acceptors (Lipinski definition) is 5. The number of primary amides is 1. The first-order chi connectivity index (χ1) is 9.08. The average molecular weight is 269 g/mol. The van der Waals surface area contributed by atoms with Gasteiger partial charge in [0.2, 0.25) is 5.91 Å². The highest BCUT2D eigenvalue weighted by Crippen LogP contribution is 2.26. The van der Waals surface area contributed by atoms with Crippen LogP contribution >= 0.6 is 0 Å². The lowest BCUT2D eigenvalue weighted by Crippen LogP contribution is -2.18. The second kappa shape index (κ2) is 7.20. The highest BCUT2D eigenvalue weighted by Gasteiger charge is 2.20. The predicted octanol–water partition coefficient (Wildman–Crippen LogP) is 1.37. The molecule has 2 N–H and O–H groups in total. The van der Waals surface area contributed by atoms with Crippen molar-refractivity contribution < 1.29 is 23.7 Å². The highest BCUT2D eigenvalue weighted by molar-refractivity contribution is 5.94. The van der Waals surface area contributed by atoms with Gasteiger partial charge >= 0.3 is 0 Å². The van der Waals surface area contributed by atoms with Crippen LogP contribution in [-0.4, -0.2) is 34.3 Å². The zero-order valence-electron chi connectivity index (χ0n) is 11.5. The van der Waals surface area contributed by atoms with Gasteiger partial charge in [-0.3, -0.25) is 4.79 Å². The van der Waals surface area contributed by atoms with Gasteiger partial charge in [-0.2, -0.15) is 0 Å². The van der Waals surface area contributed by atoms with Gasteiger partial charge in [0.1, 0.15) is 0 Å². The zero-order chi connectivity index (χ0) is 14.4. The molecule has 0 spiro atoms. The van der Waals surface area contributed by atoms with E-state index in [9.17, 15) is 4.79 Å². The van der Waals surface area contributed by atoms with Crippen molar-refractivity contribution >= 4 is 5.91 Å². The normalized spacial score (nSPS) is 11.3. The fraction of sp³-hybridized carbons (Fsp3) is 0.462. The molecule has 1 aromatic carbocycles. The van der Waals surface area contributed by atoms with Gasteiger partial charge < -0.3 is 24.7 Å². The summed E-state index contributed by atoms with van der Waals surface area (Å²) >= 11 is 0. The maximum atomic E-state index is 11.5. The molecule has 0 aliphatic rings. The quantitative estimate of drug-likeness (QED) is 0.756. The van der Waals surface area contributed by atoms with Crippen LogP contribution in [0.1, 0.15) is 34.1 Å². The highest BCUT2D eigenvalue weighted by atomic mass is 16.7. The van der Waals surface area contributed by atoms with Gasteiger partial charge in [0.15, 0.2) is 12.6 Å². The summed E-state index contributed by atoms with van der Waals surface area (Å²) in [5, 5.41) is 0. The van der Waals surface area contributed by atoms with Crippen LogP contribution in [0.15, 0.2) is 18.2 Å². The number of amides is 1. The number of hydrogen-bond donors (Lipinski definition) is 1. The fourth-order valence-electron chi connectivity index (χ4n) is 1.86. The summed E-state index contributed by atoms with van der Waals surface area (Å²) < 4.78 is 20.5. The largest absolute Gasteiger partial charge is 0.366 e. The maximum absolute atomic E-state index is 11.5. The summed E-state index contributed by atoms with van der Waals surface area (Å²) in [4.78, 5) is 11.5. The van der Waals surface area contributed by atoms with Crippen molar-refractivity contribution in [2.24, 2.45) is 5.73 Å². The van der Waals surface area contributed by atoms with E-state index in [2.05, 4.69) is 0 Å². The van der Waals surface area contributed by atoms with E-state index in [1.54, 1.807) is 18.2 Å². The van der Waals surface area contributed by atoms with Gasteiger partial charge in [0.05, 0.1) is 0 Å². The molecule has 1 amide bonds. The van der Waals surface area contributed by atoms with Gasteiger partial charge in [0.25, 0.3) is 0 Å². The Morgan fingerprint density at radius 2 is 1.53 bits per heavy atom. The standard InChI is InChI=1S/C13H19NO5/c1-16-12(17-2)8-5-6-9(13(18-3)19-4)10(7-8)11(14)15/h5-7,12-13H,1-4H3,(H2,14,15). The number of carbonyl (C=O) groups is 1. The number of rotatable bonds is 7. The lowest BCUT2D eigenvalue weighted by Gasteiger charge is -2.19. The molecule has 0 saturated heterocycles. The van der Waals surface area contributed by atoms with E-state index in [4.69, 9.17) is 24.7 Å². The molecule has 0 atom stereocenters. The zero-order valence-corrected chi connectivity index (χ0v) is 11.5. The molecule has 0 aliphatic heterocycles. The molecular weight excluding hydrogens is 250 g/mol. The molecule has 0 saturated carbocycles. The number of nitrogens with two attached hydrogens (primary N) is 1. The van der Waals surface area contributed by atoms with E-state index in [1.165, 1.54) is 28.4 Å². The van der Waals surface area contributed by atoms with Gasteiger partial charge in [-0.05, 0) is 6.07 Å². The van der Waals surface area contributed by atoms with Gasteiger partial charge in [-0.1, -0.05) is 12.1 Å². The average Bonchev–Trinajstić information content (AvgIpc) is 2.42. The van der Waals surface area contributed by atoms with E-state index in [-0.39, 0.29) is 0 Å². The lowest BCUT2D eigenvalue weighted by atomic mass is 10.0. The first-order valence-corrected chi connectivity index (χ1v) is 5.63. The van der Waals surface area contributed by atoms with Crippen molar-refractivity contribution in [1.29, 1.82) is 0 Å². The van der Waals surface area contributed by atoms with Gasteiger partial charge in [-0.15, -0.1) is 0 Å². The lowest BCUT2D eigenvalue weighted by molar-refractivity contribution is -0.108. The molecule has 106 valence electrons. The number of carbonyl (C=O) groups excluding carboxylic acids is 1. The van der Waals surface area contributed by atoms with Crippen molar-refractivity contribution in [3.8, 4) is 0 Å². The Balaban J connectivity index is 3.25. The number of benzene rings is 1. The third kappa shape index (κ3) is 3.51. The Kier molecular flexibility index (Phi) is 5.91. The van der Waals surface area contributed by atoms with Crippen molar-refractivity contribution in [3.05, 3.63) is 34.9 Å². The van der Waals surface area contributed by atoms with Crippen LogP contribution in [0.25, 0.3) is 0 Å². The Hall–Kier alpha value is -1.47. The molecule has 19 heavy (non-hydrogen) atoms. The molecule has 6 heteroatoms. The minimum atomic E-state index is -0.653. The van der Waals surface area contributed by atoms with Crippen LogP contribution < -0.4 is 5.73 Å². The Bertz CT molecular complexity index is 427. The monoisotopic (exact) mass is 269 g/mol. The summed E-state index contributed by atoms with van der Waals surface area (Å²) in [6, 6.07) is 5.09. The van der Waals surface area contributed by atoms with E-state index in [1.807, 2.05) is 0 Å². The Labute approximate surface area is 112 Å². The molecule has 0 radical (unpaired) electrons. The van der Waals surface area contributed by atoms with E-state index < -0.39 is 18.5 Å². The smallest absolute Gasteiger partial charge is 0.249 e. The van der Waals surface area contributed by atoms with Crippen molar-refractivity contribution in [2.45, 2.75) is 12.6 Å². The van der Waals surface area contributed by atoms with Gasteiger partial charge in [0, 0.05) is 45.1 Å². The summed E-state index contributed by atoms with van der Waals surface area (Å²) in [6.45, 7) is 0. The Morgan fingerprint density at radius 1 is 1.00 bits per heavy atom. The van der Waals surface area contributed by atoms with E-state index in [0.717, 1.165) is 0 Å². The fourth-order valence-corrected chi connectivity index (χ4v) is 1.86. The van der Waals surface area contributed by atoms with Crippen LogP contribution in [0.2, 0.25) is 0 Å². The van der Waals surface area contributed by atoms with Crippen LogP contribution in [0.3, 0.4) is 0 Å². The predicted molar refractivity (Wildman–Crippen MR) is 68.5 cm³/mol. The van der Waals surface area contributed by atoms with Crippen molar-refractivity contribution in [1.82, 2.24) is 0 Å². The molecule has 0 aliphatic carbocycles. The summed E-state index contributed by atoms with van der Waals surface area (Å²) in [6.07, 6.45) is -1.21. The van der Waals surface area contributed by atoms with Crippen LogP contribution in [0.4, 0.5) is 0 Å². The molecule has 0 heterocycles. The number of ether oxygens (including phenoxy) is 4. The molecule has 0 unspecified atom stereocenters. The first kappa shape index (κ1) is 15.6. The van der Waals surface area contributed by atoms with Gasteiger partial charge in [-0.25, -0.2) is 0 Å². The second-order valence-corrected chi connectivity index (χ2v) is 3.82. The van der Waals surface area contributed by atoms with Crippen LogP contribution in [0.5, 0.6) is 0 Å². The summed E-state index contributed by atoms with van der Waals surface area (Å²) in [5.74, 6) is -0.568. The minimum absolute atomic E-state index is 0.310. The van der Waals surface area contributed by atoms with Crippen molar-refractivity contribution in [3.63, 3.8) is 0 Å². The Morgan fingerprint density at radius 3 is 1.95 bits per heavy atom. The maximum Gasteiger partial charge on any atom is 0.249 e. The first-order valence-electron chi connectivity index (χ1n) is 5.63. The molecule has 6 nitrogen and oxygen atoms in total.